The summed E-state index contributed by atoms with van der Waals surface area (Å²) < 4.78 is 144. The van der Waals surface area contributed by atoms with Gasteiger partial charge in [0.05, 0.1) is 0 Å². The Morgan fingerprint density at radius 1 is 0.382 bits per heavy atom. The molecule has 14 heteroatoms. The quantitative estimate of drug-likeness (QED) is 0.263. The van der Waals surface area contributed by atoms with Crippen LogP contribution in [-0.2, 0) is 0 Å². The highest BCUT2D eigenvalue weighted by Crippen LogP contribution is 2.37. The first-order valence-corrected chi connectivity index (χ1v) is 9.95. The van der Waals surface area contributed by atoms with Gasteiger partial charge in [-0.1, -0.05) is 0 Å². The normalized spacial score (nSPS) is 15.9. The van der Waals surface area contributed by atoms with E-state index in [0.717, 1.165) is 9.44 Å². The average Bonchev–Trinajstić information content (AvgIpc) is 2.69. The Bertz CT molecular complexity index is 1020. The van der Waals surface area contributed by atoms with Gasteiger partial charge in [0.15, 0.2) is 58.2 Å². The number of nitrogens with zero attached hydrogens (tertiary/aromatic N) is 2. The van der Waals surface area contributed by atoms with E-state index in [2.05, 4.69) is 0 Å². The van der Waals surface area contributed by atoms with Crippen molar-refractivity contribution in [3.05, 3.63) is 58.2 Å². The molecule has 0 amide bonds. The summed E-state index contributed by atoms with van der Waals surface area (Å²) in [5.74, 6) is -22.5. The molecule has 1 aliphatic rings. The highest BCUT2D eigenvalue weighted by molar-refractivity contribution is 6.98. The van der Waals surface area contributed by atoms with E-state index in [4.69, 9.17) is 0 Å². The first-order valence-electron chi connectivity index (χ1n) is 9.95. The lowest BCUT2D eigenvalue weighted by atomic mass is 9.34. The van der Waals surface area contributed by atoms with E-state index in [1.165, 1.54) is 41.5 Å². The molecule has 0 spiro atoms. The second-order valence-electron chi connectivity index (χ2n) is 9.87. The molecule has 0 N–H and O–H groups in total. The van der Waals surface area contributed by atoms with Crippen LogP contribution < -0.4 is 10.9 Å². The maximum Gasteiger partial charge on any atom is 0.333 e. The largest absolute Gasteiger partial charge is 0.344 e. The summed E-state index contributed by atoms with van der Waals surface area (Å²) in [5.41, 5.74) is -5.28. The van der Waals surface area contributed by atoms with Crippen LogP contribution in [0.4, 0.5) is 43.9 Å². The minimum atomic E-state index is -2.40. The van der Waals surface area contributed by atoms with Crippen molar-refractivity contribution in [3.8, 4) is 0 Å². The zero-order valence-electron chi connectivity index (χ0n) is 18.8. The smallest absolute Gasteiger partial charge is 0.333 e. The lowest BCUT2D eigenvalue weighted by molar-refractivity contribution is 0.227. The fourth-order valence-corrected chi connectivity index (χ4v) is 4.19. The number of hydrogen-bond acceptors (Lipinski definition) is 2. The highest BCUT2D eigenvalue weighted by Gasteiger charge is 2.64. The molecule has 2 aromatic carbocycles. The minimum Gasteiger partial charge on any atom is -0.344 e. The Balaban J connectivity index is 2.40. The van der Waals surface area contributed by atoms with Crippen LogP contribution in [-0.4, -0.2) is 34.5 Å². The minimum absolute atomic E-state index is 0.925. The molecule has 3 rings (SSSR count). The van der Waals surface area contributed by atoms with Gasteiger partial charge in [0, 0.05) is 10.9 Å². The van der Waals surface area contributed by atoms with Gasteiger partial charge >= 0.3 is 14.0 Å². The molecule has 0 radical (unpaired) electrons. The molecule has 2 aromatic rings. The van der Waals surface area contributed by atoms with E-state index in [-0.39, 0.29) is 0 Å². The Kier molecular flexibility index (Phi) is 6.35. The van der Waals surface area contributed by atoms with Crippen molar-refractivity contribution in [1.29, 1.82) is 0 Å². The fourth-order valence-electron chi connectivity index (χ4n) is 4.19. The van der Waals surface area contributed by atoms with Crippen molar-refractivity contribution < 1.29 is 43.9 Å². The van der Waals surface area contributed by atoms with Gasteiger partial charge in [0.1, 0.15) is 0 Å². The molecule has 34 heavy (non-hydrogen) atoms. The summed E-state index contributed by atoms with van der Waals surface area (Å²) in [7, 11) is 0. The highest BCUT2D eigenvalue weighted by atomic mass is 19.2. The van der Waals surface area contributed by atoms with Gasteiger partial charge in [-0.2, -0.15) is 0 Å². The molecule has 0 saturated carbocycles. The number of hydrogen-bond donors (Lipinski definition) is 0. The van der Waals surface area contributed by atoms with E-state index in [9.17, 15) is 43.9 Å². The molecule has 0 unspecified atom stereocenters. The monoisotopic (exact) mass is 498 g/mol. The SMILES string of the molecule is CC(C)(C)N1B(c2c(F)c(F)c(F)c(F)c2F)N(C(C)(C)C)B1c1c(F)c(F)c(F)c(F)c1F. The number of rotatable bonds is 2. The van der Waals surface area contributed by atoms with Gasteiger partial charge in [-0.25, -0.2) is 43.9 Å². The molecular formula is C20H18B2F10N2. The molecule has 1 aliphatic heterocycles. The van der Waals surface area contributed by atoms with Crippen molar-refractivity contribution in [2.45, 2.75) is 52.6 Å². The van der Waals surface area contributed by atoms with Gasteiger partial charge in [-0.3, -0.25) is 0 Å². The summed E-state index contributed by atoms with van der Waals surface area (Å²) in [5, 5.41) is 0. The van der Waals surface area contributed by atoms with Crippen LogP contribution >= 0.6 is 0 Å². The van der Waals surface area contributed by atoms with Crippen LogP contribution in [0.2, 0.25) is 0 Å². The Morgan fingerprint density at radius 2 is 0.559 bits per heavy atom. The van der Waals surface area contributed by atoms with Crippen LogP contribution in [0, 0.1) is 58.2 Å². The predicted octanol–water partition coefficient (Wildman–Crippen LogP) is 4.38. The Morgan fingerprint density at radius 3 is 0.735 bits per heavy atom. The first kappa shape index (κ1) is 26.4. The lowest BCUT2D eigenvalue weighted by Gasteiger charge is -2.64. The summed E-state index contributed by atoms with van der Waals surface area (Å²) in [6, 6.07) is 0. The van der Waals surface area contributed by atoms with Crippen molar-refractivity contribution in [2.24, 2.45) is 0 Å². The molecule has 0 atom stereocenters. The third-order valence-electron chi connectivity index (χ3n) is 5.61. The van der Waals surface area contributed by atoms with E-state index in [1.807, 2.05) is 0 Å². The molecule has 0 aromatic heterocycles. The Labute approximate surface area is 189 Å². The van der Waals surface area contributed by atoms with Crippen LogP contribution in [0.1, 0.15) is 41.5 Å². The van der Waals surface area contributed by atoms with Crippen molar-refractivity contribution in [3.63, 3.8) is 0 Å². The van der Waals surface area contributed by atoms with E-state index in [0.29, 0.717) is 0 Å². The second-order valence-corrected chi connectivity index (χ2v) is 9.87. The topological polar surface area (TPSA) is 6.48 Å². The zero-order valence-corrected chi connectivity index (χ0v) is 18.8. The van der Waals surface area contributed by atoms with Gasteiger partial charge in [0.25, 0.3) is 0 Å². The van der Waals surface area contributed by atoms with Crippen molar-refractivity contribution in [1.82, 2.24) is 9.44 Å². The van der Waals surface area contributed by atoms with Crippen LogP contribution in [0.15, 0.2) is 0 Å². The van der Waals surface area contributed by atoms with Crippen molar-refractivity contribution in [2.75, 3.05) is 0 Å². The van der Waals surface area contributed by atoms with Crippen LogP contribution in [0.3, 0.4) is 0 Å². The summed E-state index contributed by atoms with van der Waals surface area (Å²) >= 11 is 0. The third kappa shape index (κ3) is 3.69. The van der Waals surface area contributed by atoms with Gasteiger partial charge in [-0.05, 0) is 52.6 Å². The standard InChI is InChI=1S/C20H18B2F10N2/c1-19(2,3)33-21(7-9(23)13(27)17(31)14(28)10(7)24)34(20(4,5)6)22(33)8-11(25)15(29)18(32)16(30)12(8)26/h1-6H3. The summed E-state index contributed by atoms with van der Waals surface area (Å²) in [6.45, 7) is 4.65. The van der Waals surface area contributed by atoms with E-state index in [1.54, 1.807) is 0 Å². The third-order valence-corrected chi connectivity index (χ3v) is 5.61. The number of halogens is 10. The molecule has 0 aliphatic carbocycles. The zero-order chi connectivity index (χ0) is 26.2. The second kappa shape index (κ2) is 8.18. The molecule has 1 saturated heterocycles. The molecule has 184 valence electrons. The van der Waals surface area contributed by atoms with Gasteiger partial charge in [-0.15, -0.1) is 0 Å². The molecular weight excluding hydrogens is 480 g/mol. The Hall–Kier alpha value is -2.21. The van der Waals surface area contributed by atoms with E-state index < -0.39 is 94.1 Å². The van der Waals surface area contributed by atoms with Crippen molar-refractivity contribution >= 4 is 24.9 Å². The predicted molar refractivity (Wildman–Crippen MR) is 106 cm³/mol. The van der Waals surface area contributed by atoms with Gasteiger partial charge in [0.2, 0.25) is 0 Å². The van der Waals surface area contributed by atoms with Crippen LogP contribution in [0.5, 0.6) is 0 Å². The maximum absolute atomic E-state index is 14.8. The lowest BCUT2D eigenvalue weighted by Crippen LogP contribution is -2.92. The molecule has 2 nitrogen and oxygen atoms in total. The molecule has 1 heterocycles. The fraction of sp³-hybridized carbons (Fsp3) is 0.400. The molecule has 0 bridgehead atoms. The number of benzene rings is 2. The van der Waals surface area contributed by atoms with Gasteiger partial charge < -0.3 is 9.44 Å². The van der Waals surface area contributed by atoms with E-state index >= 15 is 0 Å². The first-order chi connectivity index (χ1) is 15.4. The molecule has 1 fully saturated rings. The summed E-state index contributed by atoms with van der Waals surface area (Å²) in [6.07, 6.45) is 0. The van der Waals surface area contributed by atoms with Crippen LogP contribution in [0.25, 0.3) is 0 Å². The average molecular weight is 498 g/mol. The maximum atomic E-state index is 14.8. The summed E-state index contributed by atoms with van der Waals surface area (Å²) in [4.78, 5) is 0.